The highest BCUT2D eigenvalue weighted by atomic mass is 127. The Kier molecular flexibility index (Phi) is 5.90. The Bertz CT molecular complexity index is 567. The Labute approximate surface area is 142 Å². The fourth-order valence-corrected chi connectivity index (χ4v) is 2.67. The summed E-state index contributed by atoms with van der Waals surface area (Å²) in [4.78, 5) is 6.67. The molecule has 0 radical (unpaired) electrons. The van der Waals surface area contributed by atoms with E-state index in [1.807, 2.05) is 30.3 Å². The van der Waals surface area contributed by atoms with Gasteiger partial charge in [0.15, 0.2) is 5.96 Å². The van der Waals surface area contributed by atoms with Crippen LogP contribution in [0.5, 0.6) is 0 Å². The van der Waals surface area contributed by atoms with Gasteiger partial charge >= 0.3 is 0 Å². The van der Waals surface area contributed by atoms with Crippen LogP contribution in [0, 0.1) is 0 Å². The molecule has 1 aromatic heterocycles. The minimum atomic E-state index is 0. The van der Waals surface area contributed by atoms with Crippen LogP contribution < -0.4 is 5.73 Å². The van der Waals surface area contributed by atoms with E-state index in [0.29, 0.717) is 12.5 Å². The third kappa shape index (κ3) is 4.12. The third-order valence-corrected chi connectivity index (χ3v) is 3.80. The molecule has 21 heavy (non-hydrogen) atoms. The van der Waals surface area contributed by atoms with E-state index >= 15 is 0 Å². The van der Waals surface area contributed by atoms with Gasteiger partial charge in [-0.1, -0.05) is 31.0 Å². The number of rotatable bonds is 2. The molecule has 1 aliphatic rings. The molecule has 0 amide bonds. The highest BCUT2D eigenvalue weighted by molar-refractivity contribution is 14.0. The van der Waals surface area contributed by atoms with E-state index in [2.05, 4.69) is 9.89 Å². The van der Waals surface area contributed by atoms with Gasteiger partial charge < -0.3 is 15.1 Å². The average molecular weight is 399 g/mol. The van der Waals surface area contributed by atoms with E-state index < -0.39 is 0 Å². The second-order valence-corrected chi connectivity index (χ2v) is 5.33. The second-order valence-electron chi connectivity index (χ2n) is 5.33. The quantitative estimate of drug-likeness (QED) is 0.476. The van der Waals surface area contributed by atoms with Gasteiger partial charge in [0.25, 0.3) is 0 Å². The second kappa shape index (κ2) is 7.68. The van der Waals surface area contributed by atoms with Gasteiger partial charge in [0.1, 0.15) is 17.9 Å². The van der Waals surface area contributed by atoms with Crippen molar-refractivity contribution in [3.05, 3.63) is 36.1 Å². The standard InChI is InChI=1S/C16H21N3O.HI/c17-16(19-9-5-1-2-6-10-19)18-12-14-11-13-7-3-4-8-15(13)20-14;/h3-4,7-8,11H,1-2,5-6,9-10,12H2,(H2,17,18);1H. The first-order chi connectivity index (χ1) is 9.83. The van der Waals surface area contributed by atoms with E-state index in [9.17, 15) is 0 Å². The molecule has 0 aliphatic carbocycles. The largest absolute Gasteiger partial charge is 0.459 e. The Morgan fingerprint density at radius 1 is 1.14 bits per heavy atom. The molecular formula is C16H22IN3O. The Hall–Kier alpha value is -1.24. The van der Waals surface area contributed by atoms with Crippen molar-refractivity contribution in [3.63, 3.8) is 0 Å². The molecule has 1 fully saturated rings. The first-order valence-electron chi connectivity index (χ1n) is 7.35. The van der Waals surface area contributed by atoms with Gasteiger partial charge in [-0.2, -0.15) is 0 Å². The predicted octanol–water partition coefficient (Wildman–Crippen LogP) is 3.74. The van der Waals surface area contributed by atoms with Crippen molar-refractivity contribution >= 4 is 40.9 Å². The number of fused-ring (bicyclic) bond motifs is 1. The smallest absolute Gasteiger partial charge is 0.191 e. The summed E-state index contributed by atoms with van der Waals surface area (Å²) < 4.78 is 5.75. The Balaban J connectivity index is 0.00000161. The molecule has 2 N–H and O–H groups in total. The Morgan fingerprint density at radius 3 is 2.57 bits per heavy atom. The molecule has 0 bridgehead atoms. The number of hydrogen-bond acceptors (Lipinski definition) is 2. The first kappa shape index (κ1) is 16.1. The van der Waals surface area contributed by atoms with Gasteiger partial charge in [0, 0.05) is 18.5 Å². The molecule has 0 unspecified atom stereocenters. The van der Waals surface area contributed by atoms with Crippen molar-refractivity contribution in [2.45, 2.75) is 32.2 Å². The van der Waals surface area contributed by atoms with Crippen LogP contribution in [0.2, 0.25) is 0 Å². The van der Waals surface area contributed by atoms with Crippen LogP contribution in [-0.4, -0.2) is 23.9 Å². The lowest BCUT2D eigenvalue weighted by molar-refractivity contribution is 0.427. The van der Waals surface area contributed by atoms with Crippen molar-refractivity contribution in [2.75, 3.05) is 13.1 Å². The van der Waals surface area contributed by atoms with E-state index in [-0.39, 0.29) is 24.0 Å². The van der Waals surface area contributed by atoms with Crippen molar-refractivity contribution in [1.82, 2.24) is 4.90 Å². The summed E-state index contributed by atoms with van der Waals surface area (Å²) in [6.45, 7) is 2.56. The summed E-state index contributed by atoms with van der Waals surface area (Å²) in [5.74, 6) is 1.51. The number of aliphatic imine (C=N–C) groups is 1. The molecule has 1 saturated heterocycles. The van der Waals surface area contributed by atoms with Crippen LogP contribution >= 0.6 is 24.0 Å². The van der Waals surface area contributed by atoms with Gasteiger partial charge in [0.05, 0.1) is 0 Å². The summed E-state index contributed by atoms with van der Waals surface area (Å²) in [6.07, 6.45) is 5.02. The lowest BCUT2D eigenvalue weighted by Gasteiger charge is -2.20. The predicted molar refractivity (Wildman–Crippen MR) is 97.0 cm³/mol. The van der Waals surface area contributed by atoms with Crippen molar-refractivity contribution in [1.29, 1.82) is 0 Å². The van der Waals surface area contributed by atoms with Gasteiger partial charge in [-0.25, -0.2) is 4.99 Å². The number of likely N-dealkylation sites (tertiary alicyclic amines) is 1. The number of halogens is 1. The molecule has 1 aromatic carbocycles. The minimum absolute atomic E-state index is 0. The fourth-order valence-electron chi connectivity index (χ4n) is 2.67. The highest BCUT2D eigenvalue weighted by Crippen LogP contribution is 2.19. The molecule has 0 spiro atoms. The number of nitrogens with two attached hydrogens (primary N) is 1. The molecule has 2 aromatic rings. The number of benzene rings is 1. The van der Waals surface area contributed by atoms with Crippen LogP contribution in [-0.2, 0) is 6.54 Å². The van der Waals surface area contributed by atoms with Gasteiger partial charge in [-0.05, 0) is 25.0 Å². The zero-order valence-corrected chi connectivity index (χ0v) is 14.5. The lowest BCUT2D eigenvalue weighted by atomic mass is 10.2. The van der Waals surface area contributed by atoms with Crippen LogP contribution in [0.3, 0.4) is 0 Å². The summed E-state index contributed by atoms with van der Waals surface area (Å²) in [6, 6.07) is 10.0. The molecule has 0 atom stereocenters. The fraction of sp³-hybridized carbons (Fsp3) is 0.438. The average Bonchev–Trinajstić information content (AvgIpc) is 2.69. The summed E-state index contributed by atoms with van der Waals surface area (Å²) in [7, 11) is 0. The summed E-state index contributed by atoms with van der Waals surface area (Å²) >= 11 is 0. The van der Waals surface area contributed by atoms with E-state index in [1.165, 1.54) is 25.7 Å². The van der Waals surface area contributed by atoms with Crippen LogP contribution in [0.15, 0.2) is 39.7 Å². The van der Waals surface area contributed by atoms with Gasteiger partial charge in [-0.15, -0.1) is 24.0 Å². The van der Waals surface area contributed by atoms with Crippen LogP contribution in [0.4, 0.5) is 0 Å². The zero-order valence-electron chi connectivity index (χ0n) is 12.1. The van der Waals surface area contributed by atoms with Gasteiger partial charge in [0.2, 0.25) is 0 Å². The highest BCUT2D eigenvalue weighted by Gasteiger charge is 2.11. The lowest BCUT2D eigenvalue weighted by Crippen LogP contribution is -2.38. The number of guanidine groups is 1. The normalized spacial score (nSPS) is 16.6. The minimum Gasteiger partial charge on any atom is -0.459 e. The molecule has 4 nitrogen and oxygen atoms in total. The third-order valence-electron chi connectivity index (χ3n) is 3.80. The topological polar surface area (TPSA) is 54.8 Å². The molecule has 1 aliphatic heterocycles. The molecule has 5 heteroatoms. The maximum atomic E-state index is 6.09. The Morgan fingerprint density at radius 2 is 1.86 bits per heavy atom. The summed E-state index contributed by atoms with van der Waals surface area (Å²) in [5.41, 5.74) is 7.00. The van der Waals surface area contributed by atoms with Crippen molar-refractivity contribution in [2.24, 2.45) is 10.7 Å². The van der Waals surface area contributed by atoms with Crippen LogP contribution in [0.1, 0.15) is 31.4 Å². The van der Waals surface area contributed by atoms with E-state index in [1.54, 1.807) is 0 Å². The number of para-hydroxylation sites is 1. The van der Waals surface area contributed by atoms with Crippen molar-refractivity contribution < 1.29 is 4.42 Å². The van der Waals surface area contributed by atoms with Crippen molar-refractivity contribution in [3.8, 4) is 0 Å². The number of hydrogen-bond donors (Lipinski definition) is 1. The SMILES string of the molecule is I.NC(=NCc1cc2ccccc2o1)N1CCCCCC1. The van der Waals surface area contributed by atoms with Crippen LogP contribution in [0.25, 0.3) is 11.0 Å². The molecule has 0 saturated carbocycles. The molecule has 3 rings (SSSR count). The number of furan rings is 1. The summed E-state index contributed by atoms with van der Waals surface area (Å²) in [5, 5.41) is 1.12. The molecule has 114 valence electrons. The van der Waals surface area contributed by atoms with E-state index in [4.69, 9.17) is 10.2 Å². The zero-order chi connectivity index (χ0) is 13.8. The molecular weight excluding hydrogens is 377 g/mol. The van der Waals surface area contributed by atoms with Gasteiger partial charge in [-0.3, -0.25) is 0 Å². The first-order valence-corrected chi connectivity index (χ1v) is 7.35. The van der Waals surface area contributed by atoms with E-state index in [0.717, 1.165) is 29.8 Å². The number of nitrogens with zero attached hydrogens (tertiary/aromatic N) is 2. The monoisotopic (exact) mass is 399 g/mol. The maximum absolute atomic E-state index is 6.09. The molecule has 2 heterocycles. The maximum Gasteiger partial charge on any atom is 0.191 e.